The molecule has 0 unspecified atom stereocenters. The standard InChI is InChI=1S/C14H10Br2N2/c1-18-13-11(16)8-7-10(15)12(13)17-14(18)9-5-3-2-4-6-9/h2-8H,1H3. The first kappa shape index (κ1) is 11.9. The lowest BCUT2D eigenvalue weighted by Crippen LogP contribution is -1.92. The molecule has 0 N–H and O–H groups in total. The van der Waals surface area contributed by atoms with Crippen molar-refractivity contribution in [3.8, 4) is 11.4 Å². The lowest BCUT2D eigenvalue weighted by molar-refractivity contribution is 0.957. The minimum atomic E-state index is 0.971. The van der Waals surface area contributed by atoms with Crippen molar-refractivity contribution in [2.45, 2.75) is 0 Å². The summed E-state index contributed by atoms with van der Waals surface area (Å²) in [5, 5.41) is 0. The summed E-state index contributed by atoms with van der Waals surface area (Å²) < 4.78 is 4.18. The van der Waals surface area contributed by atoms with Crippen LogP contribution in [-0.4, -0.2) is 9.55 Å². The van der Waals surface area contributed by atoms with Crippen LogP contribution in [0.2, 0.25) is 0 Å². The van der Waals surface area contributed by atoms with Gasteiger partial charge < -0.3 is 4.57 Å². The Kier molecular flexibility index (Phi) is 2.99. The molecule has 0 bridgehead atoms. The third-order valence-corrected chi connectivity index (χ3v) is 4.24. The molecule has 0 aliphatic carbocycles. The van der Waals surface area contributed by atoms with Gasteiger partial charge in [-0.2, -0.15) is 0 Å². The molecule has 0 atom stereocenters. The predicted molar refractivity (Wildman–Crippen MR) is 81.6 cm³/mol. The van der Waals surface area contributed by atoms with Crippen molar-refractivity contribution in [1.82, 2.24) is 9.55 Å². The molecule has 0 aliphatic rings. The largest absolute Gasteiger partial charge is 0.326 e. The van der Waals surface area contributed by atoms with E-state index < -0.39 is 0 Å². The third-order valence-electron chi connectivity index (χ3n) is 2.96. The van der Waals surface area contributed by atoms with E-state index in [0.29, 0.717) is 0 Å². The van der Waals surface area contributed by atoms with Gasteiger partial charge in [0, 0.05) is 21.6 Å². The highest BCUT2D eigenvalue weighted by Gasteiger charge is 2.13. The second kappa shape index (κ2) is 4.52. The molecule has 0 radical (unpaired) electrons. The van der Waals surface area contributed by atoms with E-state index in [2.05, 4.69) is 48.6 Å². The summed E-state index contributed by atoms with van der Waals surface area (Å²) in [6, 6.07) is 14.2. The summed E-state index contributed by atoms with van der Waals surface area (Å²) in [7, 11) is 2.04. The van der Waals surface area contributed by atoms with Crippen LogP contribution in [-0.2, 0) is 7.05 Å². The van der Waals surface area contributed by atoms with Crippen molar-refractivity contribution in [2.24, 2.45) is 7.05 Å². The van der Waals surface area contributed by atoms with E-state index in [4.69, 9.17) is 4.98 Å². The molecule has 2 nitrogen and oxygen atoms in total. The van der Waals surface area contributed by atoms with Gasteiger partial charge in [-0.15, -0.1) is 0 Å². The molecular formula is C14H10Br2N2. The van der Waals surface area contributed by atoms with Gasteiger partial charge in [0.2, 0.25) is 0 Å². The van der Waals surface area contributed by atoms with Crippen LogP contribution in [0, 0.1) is 0 Å². The first-order valence-electron chi connectivity index (χ1n) is 5.54. The molecule has 18 heavy (non-hydrogen) atoms. The molecule has 0 amide bonds. The second-order valence-corrected chi connectivity index (χ2v) is 5.80. The smallest absolute Gasteiger partial charge is 0.140 e. The van der Waals surface area contributed by atoms with Crippen molar-refractivity contribution < 1.29 is 0 Å². The van der Waals surface area contributed by atoms with Crippen molar-refractivity contribution in [3.63, 3.8) is 0 Å². The van der Waals surface area contributed by atoms with Gasteiger partial charge in [-0.3, -0.25) is 0 Å². The number of hydrogen-bond donors (Lipinski definition) is 0. The van der Waals surface area contributed by atoms with Crippen LogP contribution in [0.4, 0.5) is 0 Å². The molecule has 3 rings (SSSR count). The normalized spacial score (nSPS) is 11.1. The third kappa shape index (κ3) is 1.80. The van der Waals surface area contributed by atoms with E-state index >= 15 is 0 Å². The Balaban J connectivity index is 2.37. The molecule has 3 aromatic rings. The maximum absolute atomic E-state index is 4.73. The van der Waals surface area contributed by atoms with Crippen LogP contribution in [0.15, 0.2) is 51.4 Å². The van der Waals surface area contributed by atoms with E-state index in [0.717, 1.165) is 31.4 Å². The molecule has 1 aromatic heterocycles. The molecule has 0 saturated carbocycles. The maximum atomic E-state index is 4.73. The summed E-state index contributed by atoms with van der Waals surface area (Å²) in [6.07, 6.45) is 0. The number of rotatable bonds is 1. The highest BCUT2D eigenvalue weighted by molar-refractivity contribution is 9.11. The van der Waals surface area contributed by atoms with Gasteiger partial charge >= 0.3 is 0 Å². The molecular weight excluding hydrogens is 356 g/mol. The van der Waals surface area contributed by atoms with Gasteiger partial charge in [0.15, 0.2) is 0 Å². The Morgan fingerprint density at radius 2 is 1.61 bits per heavy atom. The molecule has 0 aliphatic heterocycles. The summed E-state index contributed by atoms with van der Waals surface area (Å²) in [6.45, 7) is 0. The van der Waals surface area contributed by atoms with Crippen LogP contribution >= 0.6 is 31.9 Å². The zero-order chi connectivity index (χ0) is 12.7. The lowest BCUT2D eigenvalue weighted by atomic mass is 10.2. The van der Waals surface area contributed by atoms with E-state index in [1.807, 2.05) is 37.4 Å². The average molecular weight is 366 g/mol. The zero-order valence-corrected chi connectivity index (χ0v) is 12.9. The highest BCUT2D eigenvalue weighted by Crippen LogP contribution is 2.33. The van der Waals surface area contributed by atoms with Crippen LogP contribution < -0.4 is 0 Å². The fourth-order valence-corrected chi connectivity index (χ4v) is 3.08. The monoisotopic (exact) mass is 364 g/mol. The van der Waals surface area contributed by atoms with Crippen molar-refractivity contribution in [2.75, 3.05) is 0 Å². The fraction of sp³-hybridized carbons (Fsp3) is 0.0714. The van der Waals surface area contributed by atoms with Crippen molar-refractivity contribution >= 4 is 42.9 Å². The summed E-state index contributed by atoms with van der Waals surface area (Å²) in [5.74, 6) is 0.971. The number of hydrogen-bond acceptors (Lipinski definition) is 1. The average Bonchev–Trinajstić information content (AvgIpc) is 2.74. The van der Waals surface area contributed by atoms with Crippen LogP contribution in [0.5, 0.6) is 0 Å². The Bertz CT molecular complexity index is 717. The van der Waals surface area contributed by atoms with Gasteiger partial charge in [-0.1, -0.05) is 30.3 Å². The number of nitrogens with zero attached hydrogens (tertiary/aromatic N) is 2. The van der Waals surface area contributed by atoms with Crippen molar-refractivity contribution in [3.05, 3.63) is 51.4 Å². The molecule has 2 aromatic carbocycles. The number of fused-ring (bicyclic) bond motifs is 1. The Morgan fingerprint density at radius 3 is 2.28 bits per heavy atom. The maximum Gasteiger partial charge on any atom is 0.140 e. The first-order chi connectivity index (χ1) is 8.68. The van der Waals surface area contributed by atoms with Gasteiger partial charge in [-0.05, 0) is 44.0 Å². The summed E-state index contributed by atoms with van der Waals surface area (Å²) in [4.78, 5) is 4.73. The number of imidazole rings is 1. The molecule has 90 valence electrons. The quantitative estimate of drug-likeness (QED) is 0.607. The number of aryl methyl sites for hydroxylation is 1. The van der Waals surface area contributed by atoms with E-state index in [9.17, 15) is 0 Å². The van der Waals surface area contributed by atoms with E-state index in [1.54, 1.807) is 0 Å². The van der Waals surface area contributed by atoms with E-state index in [-0.39, 0.29) is 0 Å². The number of aromatic nitrogens is 2. The zero-order valence-electron chi connectivity index (χ0n) is 9.69. The number of benzene rings is 2. The van der Waals surface area contributed by atoms with Gasteiger partial charge in [0.1, 0.15) is 11.3 Å². The molecule has 0 saturated heterocycles. The minimum absolute atomic E-state index is 0.971. The van der Waals surface area contributed by atoms with Gasteiger partial charge in [-0.25, -0.2) is 4.98 Å². The Labute approximate surface area is 122 Å². The van der Waals surface area contributed by atoms with Crippen LogP contribution in [0.3, 0.4) is 0 Å². The summed E-state index contributed by atoms with van der Waals surface area (Å²) >= 11 is 7.14. The first-order valence-corrected chi connectivity index (χ1v) is 7.13. The lowest BCUT2D eigenvalue weighted by Gasteiger charge is -2.03. The second-order valence-electron chi connectivity index (χ2n) is 4.09. The molecule has 4 heteroatoms. The van der Waals surface area contributed by atoms with E-state index in [1.165, 1.54) is 0 Å². The number of halogens is 2. The van der Waals surface area contributed by atoms with Crippen LogP contribution in [0.1, 0.15) is 0 Å². The molecule has 0 fully saturated rings. The molecule has 1 heterocycles. The van der Waals surface area contributed by atoms with Gasteiger partial charge in [0.05, 0.1) is 5.52 Å². The van der Waals surface area contributed by atoms with Crippen molar-refractivity contribution in [1.29, 1.82) is 0 Å². The summed E-state index contributed by atoms with van der Waals surface area (Å²) in [5.41, 5.74) is 3.20. The fourth-order valence-electron chi connectivity index (χ4n) is 2.09. The minimum Gasteiger partial charge on any atom is -0.326 e. The topological polar surface area (TPSA) is 17.8 Å². The highest BCUT2D eigenvalue weighted by atomic mass is 79.9. The molecule has 0 spiro atoms. The Morgan fingerprint density at radius 1 is 0.944 bits per heavy atom. The van der Waals surface area contributed by atoms with Crippen LogP contribution in [0.25, 0.3) is 22.4 Å². The SMILES string of the molecule is Cn1c(-c2ccccc2)nc2c(Br)ccc(Br)c21. The predicted octanol–water partition coefficient (Wildman–Crippen LogP) is 4.77. The Hall–Kier alpha value is -1.13. The van der Waals surface area contributed by atoms with Gasteiger partial charge in [0.25, 0.3) is 0 Å².